The summed E-state index contributed by atoms with van der Waals surface area (Å²) in [5, 5.41) is 0. The summed E-state index contributed by atoms with van der Waals surface area (Å²) in [5.41, 5.74) is 2.02. The lowest BCUT2D eigenvalue weighted by molar-refractivity contribution is 0.0919. The van der Waals surface area contributed by atoms with E-state index in [2.05, 4.69) is 6.07 Å². The number of benzene rings is 1. The van der Waals surface area contributed by atoms with Crippen LogP contribution in [0.3, 0.4) is 0 Å². The summed E-state index contributed by atoms with van der Waals surface area (Å²) in [7, 11) is 0. The van der Waals surface area contributed by atoms with Gasteiger partial charge < -0.3 is 4.74 Å². The molecule has 1 fully saturated rings. The highest BCUT2D eigenvalue weighted by atomic mass is 16.5. The highest BCUT2D eigenvalue weighted by Gasteiger charge is 2.28. The maximum absolute atomic E-state index is 12.3. The normalized spacial score (nSPS) is 19.5. The third-order valence-electron chi connectivity index (χ3n) is 3.71. The van der Waals surface area contributed by atoms with Crippen LogP contribution < -0.4 is 4.74 Å². The highest BCUT2D eigenvalue weighted by molar-refractivity contribution is 6.00. The van der Waals surface area contributed by atoms with Crippen molar-refractivity contribution in [2.45, 2.75) is 32.1 Å². The Bertz CT molecular complexity index is 417. The van der Waals surface area contributed by atoms with Gasteiger partial charge in [-0.3, -0.25) is 4.79 Å². The molecule has 2 nitrogen and oxygen atoms in total. The second-order valence-corrected chi connectivity index (χ2v) is 4.74. The van der Waals surface area contributed by atoms with Crippen molar-refractivity contribution in [2.24, 2.45) is 5.92 Å². The number of carbonyl (C=O) groups excluding carboxylic acids is 1. The van der Waals surface area contributed by atoms with E-state index >= 15 is 0 Å². The molecule has 0 spiro atoms. The van der Waals surface area contributed by atoms with E-state index in [1.807, 2.05) is 12.1 Å². The van der Waals surface area contributed by atoms with E-state index in [0.29, 0.717) is 5.78 Å². The minimum atomic E-state index is 0.246. The zero-order chi connectivity index (χ0) is 11.0. The molecular weight excluding hydrogens is 200 g/mol. The van der Waals surface area contributed by atoms with E-state index in [9.17, 15) is 4.79 Å². The van der Waals surface area contributed by atoms with Crippen molar-refractivity contribution in [1.29, 1.82) is 0 Å². The van der Waals surface area contributed by atoms with E-state index in [1.165, 1.54) is 18.4 Å². The Balaban J connectivity index is 1.94. The molecule has 0 radical (unpaired) electrons. The van der Waals surface area contributed by atoms with Gasteiger partial charge in [0.05, 0.1) is 12.2 Å². The van der Waals surface area contributed by atoms with Gasteiger partial charge in [-0.25, -0.2) is 0 Å². The Labute approximate surface area is 95.6 Å². The van der Waals surface area contributed by atoms with Crippen molar-refractivity contribution in [1.82, 2.24) is 0 Å². The first-order valence-electron chi connectivity index (χ1n) is 6.15. The van der Waals surface area contributed by atoms with Gasteiger partial charge in [0, 0.05) is 12.3 Å². The Hall–Kier alpha value is -1.31. The molecule has 0 aromatic heterocycles. The van der Waals surface area contributed by atoms with E-state index in [4.69, 9.17) is 4.74 Å². The first-order valence-corrected chi connectivity index (χ1v) is 6.15. The molecule has 1 aliphatic carbocycles. The van der Waals surface area contributed by atoms with Gasteiger partial charge in [0.2, 0.25) is 0 Å². The molecule has 0 unspecified atom stereocenters. The molecule has 1 aliphatic heterocycles. The molecule has 0 amide bonds. The largest absolute Gasteiger partial charge is 0.492 e. The summed E-state index contributed by atoms with van der Waals surface area (Å²) in [5.74, 6) is 1.41. The monoisotopic (exact) mass is 216 g/mol. The molecule has 2 aliphatic rings. The molecule has 1 aromatic carbocycles. The topological polar surface area (TPSA) is 26.3 Å². The van der Waals surface area contributed by atoms with Crippen LogP contribution in [0.4, 0.5) is 0 Å². The van der Waals surface area contributed by atoms with Gasteiger partial charge in [-0.1, -0.05) is 25.0 Å². The van der Waals surface area contributed by atoms with Crippen molar-refractivity contribution in [2.75, 3.05) is 6.61 Å². The van der Waals surface area contributed by atoms with Crippen LogP contribution in [0.15, 0.2) is 18.2 Å². The van der Waals surface area contributed by atoms with Gasteiger partial charge in [-0.2, -0.15) is 0 Å². The lowest BCUT2D eigenvalue weighted by atomic mass is 9.94. The van der Waals surface area contributed by atoms with Crippen LogP contribution in [0.2, 0.25) is 0 Å². The van der Waals surface area contributed by atoms with E-state index in [0.717, 1.165) is 37.2 Å². The zero-order valence-electron chi connectivity index (χ0n) is 9.37. The molecule has 16 heavy (non-hydrogen) atoms. The second kappa shape index (κ2) is 3.93. The van der Waals surface area contributed by atoms with Crippen LogP contribution in [-0.4, -0.2) is 12.4 Å². The zero-order valence-corrected chi connectivity index (χ0v) is 9.37. The molecule has 1 aromatic rings. The van der Waals surface area contributed by atoms with Gasteiger partial charge in [-0.05, 0) is 24.5 Å². The molecule has 0 N–H and O–H groups in total. The van der Waals surface area contributed by atoms with Crippen LogP contribution in [0.5, 0.6) is 5.75 Å². The second-order valence-electron chi connectivity index (χ2n) is 4.74. The summed E-state index contributed by atoms with van der Waals surface area (Å²) in [4.78, 5) is 12.3. The summed E-state index contributed by atoms with van der Waals surface area (Å²) in [6.45, 7) is 0.726. The van der Waals surface area contributed by atoms with Crippen molar-refractivity contribution >= 4 is 5.78 Å². The van der Waals surface area contributed by atoms with Crippen LogP contribution in [0.1, 0.15) is 41.6 Å². The molecule has 84 valence electrons. The molecule has 0 bridgehead atoms. The molecule has 1 heterocycles. The van der Waals surface area contributed by atoms with Gasteiger partial charge in [0.1, 0.15) is 5.75 Å². The molecule has 0 atom stereocenters. The van der Waals surface area contributed by atoms with Gasteiger partial charge in [0.25, 0.3) is 0 Å². The van der Waals surface area contributed by atoms with Crippen molar-refractivity contribution in [3.63, 3.8) is 0 Å². The Morgan fingerprint density at radius 3 is 2.88 bits per heavy atom. The van der Waals surface area contributed by atoms with Gasteiger partial charge in [0.15, 0.2) is 5.78 Å². The van der Waals surface area contributed by atoms with E-state index in [-0.39, 0.29) is 5.92 Å². The van der Waals surface area contributed by atoms with Crippen LogP contribution in [-0.2, 0) is 6.42 Å². The number of fused-ring (bicyclic) bond motifs is 1. The molecular formula is C14H16O2. The predicted molar refractivity (Wildman–Crippen MR) is 61.9 cm³/mol. The maximum Gasteiger partial charge on any atom is 0.169 e. The number of hydrogen-bond acceptors (Lipinski definition) is 2. The fourth-order valence-corrected chi connectivity index (χ4v) is 2.82. The number of hydrogen-bond donors (Lipinski definition) is 0. The minimum Gasteiger partial charge on any atom is -0.492 e. The van der Waals surface area contributed by atoms with Gasteiger partial charge >= 0.3 is 0 Å². The Morgan fingerprint density at radius 2 is 2.06 bits per heavy atom. The van der Waals surface area contributed by atoms with Crippen LogP contribution in [0, 0.1) is 5.92 Å². The third-order valence-corrected chi connectivity index (χ3v) is 3.71. The first-order chi connectivity index (χ1) is 7.86. The quantitative estimate of drug-likeness (QED) is 0.710. The molecule has 3 rings (SSSR count). The third kappa shape index (κ3) is 1.53. The number of carbonyl (C=O) groups is 1. The summed E-state index contributed by atoms with van der Waals surface area (Å²) in [6, 6.07) is 5.97. The Morgan fingerprint density at radius 1 is 1.25 bits per heavy atom. The van der Waals surface area contributed by atoms with Crippen molar-refractivity contribution < 1.29 is 9.53 Å². The van der Waals surface area contributed by atoms with Gasteiger partial charge in [-0.15, -0.1) is 0 Å². The lowest BCUT2D eigenvalue weighted by Gasteiger charge is -2.11. The predicted octanol–water partition coefficient (Wildman–Crippen LogP) is 2.99. The number of para-hydroxylation sites is 1. The fraction of sp³-hybridized carbons (Fsp3) is 0.500. The molecule has 0 saturated heterocycles. The maximum atomic E-state index is 12.3. The number of ether oxygens (including phenoxy) is 1. The standard InChI is InChI=1S/C14H16O2/c15-13(10-4-1-2-5-10)12-7-3-6-11-8-9-16-14(11)12/h3,6-7,10H,1-2,4-5,8-9H2. The van der Waals surface area contributed by atoms with Crippen molar-refractivity contribution in [3.8, 4) is 5.75 Å². The van der Waals surface area contributed by atoms with Crippen LogP contribution in [0.25, 0.3) is 0 Å². The average molecular weight is 216 g/mol. The summed E-state index contributed by atoms with van der Waals surface area (Å²) >= 11 is 0. The summed E-state index contributed by atoms with van der Waals surface area (Å²) in [6.07, 6.45) is 5.46. The molecule has 2 heteroatoms. The van der Waals surface area contributed by atoms with Crippen LogP contribution >= 0.6 is 0 Å². The van der Waals surface area contributed by atoms with Crippen molar-refractivity contribution in [3.05, 3.63) is 29.3 Å². The smallest absolute Gasteiger partial charge is 0.169 e. The summed E-state index contributed by atoms with van der Waals surface area (Å²) < 4.78 is 5.59. The fourth-order valence-electron chi connectivity index (χ4n) is 2.82. The number of ketones is 1. The van der Waals surface area contributed by atoms with E-state index < -0.39 is 0 Å². The highest BCUT2D eigenvalue weighted by Crippen LogP contribution is 2.35. The first kappa shape index (κ1) is 9.88. The average Bonchev–Trinajstić information content (AvgIpc) is 2.98. The molecule has 1 saturated carbocycles. The SMILES string of the molecule is O=C(c1cccc2c1OCC2)C1CCCC1. The number of Topliss-reactive ketones (excluding diaryl/α,β-unsaturated/α-hetero) is 1. The minimum absolute atomic E-state index is 0.246. The van der Waals surface area contributed by atoms with E-state index in [1.54, 1.807) is 0 Å². The Kier molecular flexibility index (Phi) is 2.43. The lowest BCUT2D eigenvalue weighted by Crippen LogP contribution is -2.12. The number of rotatable bonds is 2.